The van der Waals surface area contributed by atoms with E-state index in [0.717, 1.165) is 32.4 Å². The Morgan fingerprint density at radius 3 is 1.80 bits per heavy atom. The van der Waals surface area contributed by atoms with Crippen LogP contribution in [0.2, 0.25) is 5.02 Å². The number of nitrogens with zero attached hydrogens (tertiary/aromatic N) is 1. The highest BCUT2D eigenvalue weighted by atomic mass is 35.5. The van der Waals surface area contributed by atoms with E-state index in [1.165, 1.54) is 10.4 Å². The molecular formula is C28H45ClN2O8S. The van der Waals surface area contributed by atoms with Crippen LogP contribution in [0.25, 0.3) is 0 Å². The normalized spacial score (nSPS) is 18.7. The third kappa shape index (κ3) is 8.87. The van der Waals surface area contributed by atoms with E-state index in [0.29, 0.717) is 45.7 Å². The van der Waals surface area contributed by atoms with Crippen LogP contribution in [-0.2, 0) is 38.6 Å². The Bertz CT molecular complexity index is 1040. The number of halogens is 1. The summed E-state index contributed by atoms with van der Waals surface area (Å²) in [7, 11) is -0.438. The van der Waals surface area contributed by atoms with Crippen LogP contribution in [0.1, 0.15) is 52.4 Å². The van der Waals surface area contributed by atoms with Gasteiger partial charge in [0, 0.05) is 40.5 Å². The lowest BCUT2D eigenvalue weighted by atomic mass is 9.76. The lowest BCUT2D eigenvalue weighted by molar-refractivity contribution is -0.159. The minimum absolute atomic E-state index is 0.0523. The molecule has 2 aliphatic heterocycles. The number of rotatable bonds is 12. The van der Waals surface area contributed by atoms with Gasteiger partial charge in [0.2, 0.25) is 10.0 Å². The van der Waals surface area contributed by atoms with E-state index >= 15 is 0 Å². The lowest BCUT2D eigenvalue weighted by Gasteiger charge is -2.39. The first-order valence-corrected chi connectivity index (χ1v) is 15.7. The first-order valence-electron chi connectivity index (χ1n) is 13.9. The zero-order valence-electron chi connectivity index (χ0n) is 24.2. The van der Waals surface area contributed by atoms with Crippen molar-refractivity contribution in [2.45, 2.75) is 57.3 Å². The number of esters is 2. The molecule has 0 spiro atoms. The van der Waals surface area contributed by atoms with Gasteiger partial charge in [-0.1, -0.05) is 23.7 Å². The van der Waals surface area contributed by atoms with Crippen LogP contribution in [0.4, 0.5) is 0 Å². The monoisotopic (exact) mass is 604 g/mol. The molecule has 3 rings (SSSR count). The predicted molar refractivity (Wildman–Crippen MR) is 153 cm³/mol. The van der Waals surface area contributed by atoms with Gasteiger partial charge in [-0.25, -0.2) is 8.42 Å². The molecule has 1 N–H and O–H groups in total. The van der Waals surface area contributed by atoms with E-state index in [1.807, 2.05) is 6.92 Å². The van der Waals surface area contributed by atoms with Gasteiger partial charge in [0.05, 0.1) is 29.1 Å². The molecule has 0 radical (unpaired) electrons. The number of carbonyl (C=O) groups is 2. The number of nitrogens with one attached hydrogen (secondary N) is 1. The summed E-state index contributed by atoms with van der Waals surface area (Å²) < 4.78 is 47.6. The molecule has 0 bridgehead atoms. The number of ether oxygens (including phenoxy) is 4. The molecule has 40 heavy (non-hydrogen) atoms. The zero-order valence-corrected chi connectivity index (χ0v) is 25.8. The molecule has 10 nitrogen and oxygen atoms in total. The lowest BCUT2D eigenvalue weighted by Crippen LogP contribution is -2.47. The van der Waals surface area contributed by atoms with Gasteiger partial charge >= 0.3 is 11.9 Å². The highest BCUT2D eigenvalue weighted by Crippen LogP contribution is 2.39. The molecule has 1 aromatic carbocycles. The predicted octanol–water partition coefficient (Wildman–Crippen LogP) is 3.67. The Balaban J connectivity index is 0.000000319. The van der Waals surface area contributed by atoms with Gasteiger partial charge < -0.3 is 24.3 Å². The van der Waals surface area contributed by atoms with Crippen LogP contribution < -0.4 is 5.32 Å². The van der Waals surface area contributed by atoms with Crippen LogP contribution in [0.3, 0.4) is 0 Å². The number of piperidine rings is 2. The van der Waals surface area contributed by atoms with Crippen molar-refractivity contribution in [3.8, 4) is 0 Å². The maximum atomic E-state index is 12.8. The number of hydrogen-bond donors (Lipinski definition) is 1. The SMILES string of the molecule is CCOC(=O)C1(CCOC)CCN(S(=O)(=O)c2ccccc2Cl)CC1.CCOC(=O)C1(CCOC)CCNCC1. The van der Waals surface area contributed by atoms with Crippen molar-refractivity contribution in [1.29, 1.82) is 0 Å². The first-order chi connectivity index (χ1) is 19.1. The van der Waals surface area contributed by atoms with Gasteiger partial charge in [-0.3, -0.25) is 9.59 Å². The van der Waals surface area contributed by atoms with Crippen molar-refractivity contribution < 1.29 is 37.0 Å². The standard InChI is InChI=1S/C17H24ClNO5S.C11H21NO3/c1-3-24-16(20)17(10-13-23-2)8-11-19(12-9-17)25(21,22)15-7-5-4-6-14(15)18;1-3-15-10(13)11(6-9-14-2)4-7-12-8-5-11/h4-7H,3,8-13H2,1-2H3;12H,3-9H2,1-2H3. The van der Waals surface area contributed by atoms with E-state index in [2.05, 4.69) is 5.32 Å². The fourth-order valence-electron chi connectivity index (χ4n) is 5.13. The maximum absolute atomic E-state index is 12.8. The third-order valence-electron chi connectivity index (χ3n) is 7.68. The Hall–Kier alpha value is -1.76. The van der Waals surface area contributed by atoms with Crippen molar-refractivity contribution in [2.24, 2.45) is 10.8 Å². The number of carbonyl (C=O) groups excluding carboxylic acids is 2. The van der Waals surface area contributed by atoms with Gasteiger partial charge in [0.1, 0.15) is 4.90 Å². The summed E-state index contributed by atoms with van der Waals surface area (Å²) in [5, 5.41) is 3.46. The maximum Gasteiger partial charge on any atom is 0.312 e. The molecule has 0 aliphatic carbocycles. The van der Waals surface area contributed by atoms with Gasteiger partial charge in [0.15, 0.2) is 0 Å². The Morgan fingerprint density at radius 2 is 1.35 bits per heavy atom. The van der Waals surface area contributed by atoms with Crippen LogP contribution >= 0.6 is 11.6 Å². The quantitative estimate of drug-likeness (QED) is 0.356. The van der Waals surface area contributed by atoms with Gasteiger partial charge in [-0.2, -0.15) is 4.31 Å². The summed E-state index contributed by atoms with van der Waals surface area (Å²) in [6.07, 6.45) is 3.80. The van der Waals surface area contributed by atoms with Crippen molar-refractivity contribution in [3.63, 3.8) is 0 Å². The minimum atomic E-state index is -3.68. The highest BCUT2D eigenvalue weighted by molar-refractivity contribution is 7.89. The summed E-state index contributed by atoms with van der Waals surface area (Å²) >= 11 is 6.05. The molecular weight excluding hydrogens is 560 g/mol. The van der Waals surface area contributed by atoms with Crippen LogP contribution in [0.5, 0.6) is 0 Å². The van der Waals surface area contributed by atoms with Crippen molar-refractivity contribution in [3.05, 3.63) is 29.3 Å². The third-order valence-corrected chi connectivity index (χ3v) is 10.1. The second kappa shape index (κ2) is 16.6. The molecule has 2 heterocycles. The van der Waals surface area contributed by atoms with Crippen LogP contribution in [0, 0.1) is 10.8 Å². The zero-order chi connectivity index (χ0) is 29.7. The summed E-state index contributed by atoms with van der Waals surface area (Å²) in [6.45, 7) is 7.70. The molecule has 228 valence electrons. The molecule has 12 heteroatoms. The average Bonchev–Trinajstić information content (AvgIpc) is 2.96. The van der Waals surface area contributed by atoms with Crippen LogP contribution in [-0.4, -0.2) is 91.5 Å². The van der Waals surface area contributed by atoms with Crippen molar-refractivity contribution >= 4 is 33.6 Å². The summed E-state index contributed by atoms with van der Waals surface area (Å²) in [4.78, 5) is 24.5. The van der Waals surface area contributed by atoms with Crippen molar-refractivity contribution in [2.75, 3.05) is 66.8 Å². The second-order valence-corrected chi connectivity index (χ2v) is 12.4. The molecule has 0 aromatic heterocycles. The number of benzene rings is 1. The number of sulfonamides is 1. The largest absolute Gasteiger partial charge is 0.466 e. The second-order valence-electron chi connectivity index (χ2n) is 10.1. The molecule has 0 atom stereocenters. The summed E-state index contributed by atoms with van der Waals surface area (Å²) in [5.74, 6) is -0.328. The van der Waals surface area contributed by atoms with Gasteiger partial charge in [-0.05, 0) is 77.6 Å². The van der Waals surface area contributed by atoms with E-state index in [4.69, 9.17) is 30.5 Å². The van der Waals surface area contributed by atoms with Gasteiger partial charge in [0.25, 0.3) is 0 Å². The van der Waals surface area contributed by atoms with E-state index < -0.39 is 15.4 Å². The Kier molecular flexibility index (Phi) is 14.3. The van der Waals surface area contributed by atoms with E-state index in [-0.39, 0.29) is 40.4 Å². The van der Waals surface area contributed by atoms with E-state index in [1.54, 1.807) is 39.3 Å². The Morgan fingerprint density at radius 1 is 0.875 bits per heavy atom. The molecule has 0 amide bonds. The molecule has 0 saturated carbocycles. The first kappa shape index (κ1) is 34.4. The highest BCUT2D eigenvalue weighted by Gasteiger charge is 2.45. The van der Waals surface area contributed by atoms with E-state index in [9.17, 15) is 18.0 Å². The molecule has 2 saturated heterocycles. The fraction of sp³-hybridized carbons (Fsp3) is 0.714. The van der Waals surface area contributed by atoms with Gasteiger partial charge in [-0.15, -0.1) is 0 Å². The number of methoxy groups -OCH3 is 2. The summed E-state index contributed by atoms with van der Waals surface area (Å²) in [6, 6.07) is 6.38. The summed E-state index contributed by atoms with van der Waals surface area (Å²) in [5.41, 5.74) is -1.00. The fourth-order valence-corrected chi connectivity index (χ4v) is 7.06. The minimum Gasteiger partial charge on any atom is -0.466 e. The Labute approximate surface area is 244 Å². The smallest absolute Gasteiger partial charge is 0.312 e. The van der Waals surface area contributed by atoms with Crippen molar-refractivity contribution in [1.82, 2.24) is 9.62 Å². The number of hydrogen-bond acceptors (Lipinski definition) is 9. The average molecular weight is 605 g/mol. The molecule has 2 fully saturated rings. The van der Waals surface area contributed by atoms with Crippen LogP contribution in [0.15, 0.2) is 29.2 Å². The molecule has 1 aromatic rings. The molecule has 0 unspecified atom stereocenters. The molecule has 2 aliphatic rings. The topological polar surface area (TPSA) is 120 Å².